The van der Waals surface area contributed by atoms with Crippen LogP contribution in [0.4, 0.5) is 0 Å². The summed E-state index contributed by atoms with van der Waals surface area (Å²) in [6, 6.07) is 10.0. The summed E-state index contributed by atoms with van der Waals surface area (Å²) >= 11 is 1.44. The third-order valence-corrected chi connectivity index (χ3v) is 4.68. The molecule has 4 aromatic rings. The standard InChI is InChI=1S/C18H17N5O2S/c1-10-4-6-13(7-5-10)16-19-18(23-21-16)26-9-15-20-22-17(25-15)14-8-11(2)24-12(14)3/h4-8H,9H2,1-3H3,(H,19,21,23). The van der Waals surface area contributed by atoms with Crippen LogP contribution in [0.1, 0.15) is 23.0 Å². The number of thioether (sulfide) groups is 1. The maximum Gasteiger partial charge on any atom is 0.251 e. The van der Waals surface area contributed by atoms with E-state index in [1.807, 2.05) is 44.2 Å². The lowest BCUT2D eigenvalue weighted by molar-refractivity contribution is 0.499. The lowest BCUT2D eigenvalue weighted by Gasteiger charge is -1.96. The van der Waals surface area contributed by atoms with Crippen molar-refractivity contribution in [1.82, 2.24) is 25.4 Å². The van der Waals surface area contributed by atoms with Gasteiger partial charge in [-0.2, -0.15) is 0 Å². The molecule has 0 bridgehead atoms. The van der Waals surface area contributed by atoms with Crippen molar-refractivity contribution in [2.45, 2.75) is 31.7 Å². The molecule has 132 valence electrons. The molecule has 0 atom stereocenters. The molecule has 0 fully saturated rings. The summed E-state index contributed by atoms with van der Waals surface area (Å²) in [6.07, 6.45) is 0. The van der Waals surface area contributed by atoms with Gasteiger partial charge in [0.05, 0.1) is 11.3 Å². The third-order valence-electron chi connectivity index (χ3n) is 3.85. The van der Waals surface area contributed by atoms with Gasteiger partial charge in [-0.3, -0.25) is 5.10 Å². The number of benzene rings is 1. The Morgan fingerprint density at radius 3 is 2.58 bits per heavy atom. The molecule has 0 aliphatic heterocycles. The number of hydrogen-bond acceptors (Lipinski definition) is 7. The first-order valence-corrected chi connectivity index (χ1v) is 9.09. The van der Waals surface area contributed by atoms with Crippen LogP contribution in [0.15, 0.2) is 44.3 Å². The van der Waals surface area contributed by atoms with Crippen molar-refractivity contribution in [2.24, 2.45) is 0 Å². The highest BCUT2D eigenvalue weighted by Gasteiger charge is 2.15. The van der Waals surface area contributed by atoms with E-state index in [1.165, 1.54) is 17.3 Å². The highest BCUT2D eigenvalue weighted by Crippen LogP contribution is 2.27. The van der Waals surface area contributed by atoms with E-state index in [-0.39, 0.29) is 0 Å². The van der Waals surface area contributed by atoms with Crippen LogP contribution >= 0.6 is 11.8 Å². The van der Waals surface area contributed by atoms with E-state index in [1.54, 1.807) is 0 Å². The number of aryl methyl sites for hydroxylation is 3. The molecule has 0 aliphatic carbocycles. The smallest absolute Gasteiger partial charge is 0.251 e. The van der Waals surface area contributed by atoms with Crippen LogP contribution < -0.4 is 0 Å². The molecule has 26 heavy (non-hydrogen) atoms. The van der Waals surface area contributed by atoms with Gasteiger partial charge in [0.1, 0.15) is 11.5 Å². The second kappa shape index (κ2) is 6.80. The maximum absolute atomic E-state index is 5.72. The van der Waals surface area contributed by atoms with Gasteiger partial charge in [-0.15, -0.1) is 15.3 Å². The fraction of sp³-hybridized carbons (Fsp3) is 0.222. The number of aromatic nitrogens is 5. The summed E-state index contributed by atoms with van der Waals surface area (Å²) in [7, 11) is 0. The van der Waals surface area contributed by atoms with E-state index in [0.29, 0.717) is 22.7 Å². The number of rotatable bonds is 5. The lowest BCUT2D eigenvalue weighted by atomic mass is 10.1. The quantitative estimate of drug-likeness (QED) is 0.525. The van der Waals surface area contributed by atoms with Crippen LogP contribution in [0.2, 0.25) is 0 Å². The molecule has 0 spiro atoms. The van der Waals surface area contributed by atoms with Crippen molar-refractivity contribution in [3.05, 3.63) is 53.3 Å². The summed E-state index contributed by atoms with van der Waals surface area (Å²) in [6.45, 7) is 5.82. The number of nitrogens with one attached hydrogen (secondary N) is 1. The van der Waals surface area contributed by atoms with Crippen LogP contribution in [0.25, 0.3) is 22.8 Å². The number of hydrogen-bond donors (Lipinski definition) is 1. The fourth-order valence-corrected chi connectivity index (χ4v) is 3.18. The van der Waals surface area contributed by atoms with Gasteiger partial charge in [0.25, 0.3) is 5.89 Å². The minimum atomic E-state index is 0.463. The molecule has 3 aromatic heterocycles. The molecule has 0 aliphatic rings. The summed E-state index contributed by atoms with van der Waals surface area (Å²) in [4.78, 5) is 4.50. The topological polar surface area (TPSA) is 93.6 Å². The fourth-order valence-electron chi connectivity index (χ4n) is 2.54. The number of nitrogens with zero attached hydrogens (tertiary/aromatic N) is 4. The van der Waals surface area contributed by atoms with Crippen molar-refractivity contribution in [1.29, 1.82) is 0 Å². The molecule has 0 amide bonds. The predicted octanol–water partition coefficient (Wildman–Crippen LogP) is 4.33. The molecule has 8 heteroatoms. The molecule has 0 radical (unpaired) electrons. The van der Waals surface area contributed by atoms with Crippen molar-refractivity contribution in [3.63, 3.8) is 0 Å². The average molecular weight is 367 g/mol. The first kappa shape index (κ1) is 16.6. The molecule has 1 N–H and O–H groups in total. The number of aromatic amines is 1. The minimum absolute atomic E-state index is 0.463. The summed E-state index contributed by atoms with van der Waals surface area (Å²) < 4.78 is 11.2. The zero-order chi connectivity index (χ0) is 18.1. The van der Waals surface area contributed by atoms with Crippen molar-refractivity contribution in [3.8, 4) is 22.8 Å². The van der Waals surface area contributed by atoms with E-state index < -0.39 is 0 Å². The van der Waals surface area contributed by atoms with Gasteiger partial charge in [-0.25, -0.2) is 4.98 Å². The van der Waals surface area contributed by atoms with E-state index in [4.69, 9.17) is 8.83 Å². The van der Waals surface area contributed by atoms with Crippen molar-refractivity contribution < 1.29 is 8.83 Å². The third kappa shape index (κ3) is 3.41. The molecule has 0 saturated carbocycles. The molecular weight excluding hydrogens is 350 g/mol. The Hall–Kier alpha value is -2.87. The Balaban J connectivity index is 1.43. The number of H-pyrrole nitrogens is 1. The number of furan rings is 1. The van der Waals surface area contributed by atoms with Crippen LogP contribution in [-0.4, -0.2) is 25.4 Å². The lowest BCUT2D eigenvalue weighted by Crippen LogP contribution is -1.82. The minimum Gasteiger partial charge on any atom is -0.466 e. The van der Waals surface area contributed by atoms with Gasteiger partial charge < -0.3 is 8.83 Å². The second-order valence-electron chi connectivity index (χ2n) is 5.95. The van der Waals surface area contributed by atoms with Crippen LogP contribution in [-0.2, 0) is 5.75 Å². The van der Waals surface area contributed by atoms with Gasteiger partial charge >= 0.3 is 0 Å². The predicted molar refractivity (Wildman–Crippen MR) is 97.6 cm³/mol. The van der Waals surface area contributed by atoms with Gasteiger partial charge in [-0.05, 0) is 26.8 Å². The van der Waals surface area contributed by atoms with Gasteiger partial charge in [-0.1, -0.05) is 41.6 Å². The highest BCUT2D eigenvalue weighted by atomic mass is 32.2. The van der Waals surface area contributed by atoms with Crippen molar-refractivity contribution >= 4 is 11.8 Å². The second-order valence-corrected chi connectivity index (χ2v) is 6.89. The molecule has 7 nitrogen and oxygen atoms in total. The Kier molecular flexibility index (Phi) is 4.34. The first-order valence-electron chi connectivity index (χ1n) is 8.10. The summed E-state index contributed by atoms with van der Waals surface area (Å²) in [5.74, 6) is 3.80. The van der Waals surface area contributed by atoms with E-state index in [9.17, 15) is 0 Å². The van der Waals surface area contributed by atoms with E-state index in [2.05, 4.69) is 32.3 Å². The molecule has 0 saturated heterocycles. The van der Waals surface area contributed by atoms with Gasteiger partial charge in [0.15, 0.2) is 5.82 Å². The van der Waals surface area contributed by atoms with E-state index in [0.717, 1.165) is 28.5 Å². The normalized spacial score (nSPS) is 11.2. The van der Waals surface area contributed by atoms with Crippen LogP contribution in [0.5, 0.6) is 0 Å². The Morgan fingerprint density at radius 1 is 1.04 bits per heavy atom. The Morgan fingerprint density at radius 2 is 1.85 bits per heavy atom. The molecule has 4 rings (SSSR count). The summed E-state index contributed by atoms with van der Waals surface area (Å²) in [5.41, 5.74) is 3.03. The SMILES string of the molecule is Cc1ccc(-c2nc(SCc3nnc(-c4cc(C)oc4C)o3)n[nH]2)cc1. The summed E-state index contributed by atoms with van der Waals surface area (Å²) in [5, 5.41) is 16.0. The Bertz CT molecular complexity index is 1030. The van der Waals surface area contributed by atoms with Gasteiger partial charge in [0, 0.05) is 5.56 Å². The van der Waals surface area contributed by atoms with Crippen LogP contribution in [0, 0.1) is 20.8 Å². The highest BCUT2D eigenvalue weighted by molar-refractivity contribution is 7.98. The van der Waals surface area contributed by atoms with Crippen molar-refractivity contribution in [2.75, 3.05) is 0 Å². The maximum atomic E-state index is 5.72. The zero-order valence-electron chi connectivity index (χ0n) is 14.6. The zero-order valence-corrected chi connectivity index (χ0v) is 15.4. The van der Waals surface area contributed by atoms with Crippen LogP contribution in [0.3, 0.4) is 0 Å². The van der Waals surface area contributed by atoms with Gasteiger partial charge in [0.2, 0.25) is 11.0 Å². The monoisotopic (exact) mass is 367 g/mol. The molecule has 0 unspecified atom stereocenters. The largest absolute Gasteiger partial charge is 0.466 e. The van der Waals surface area contributed by atoms with E-state index >= 15 is 0 Å². The average Bonchev–Trinajstić information content (AvgIpc) is 3.33. The Labute approximate surface area is 154 Å². The molecule has 1 aromatic carbocycles. The first-order chi connectivity index (χ1) is 12.6. The molecule has 3 heterocycles. The molecular formula is C18H17N5O2S.